The molecular weight excluding hydrogens is 480 g/mol. The van der Waals surface area contributed by atoms with Crippen molar-refractivity contribution < 1.29 is 9.90 Å². The number of aldehydes is 1. The monoisotopic (exact) mass is 518 g/mol. The Hall–Kier alpha value is -3.63. The van der Waals surface area contributed by atoms with E-state index in [9.17, 15) is 9.90 Å². The molecule has 0 bridgehead atoms. The summed E-state index contributed by atoms with van der Waals surface area (Å²) in [5.41, 5.74) is 6.07. The minimum Gasteiger partial charge on any atom is -0.508 e. The molecule has 1 saturated carbocycles. The summed E-state index contributed by atoms with van der Waals surface area (Å²) in [6, 6.07) is 30.8. The number of carbonyl (C=O) groups is 1. The second kappa shape index (κ2) is 11.2. The lowest BCUT2D eigenvalue weighted by Crippen LogP contribution is -2.48. The third-order valence-electron chi connectivity index (χ3n) is 9.16. The molecule has 39 heavy (non-hydrogen) atoms. The molecule has 2 fully saturated rings. The molecule has 1 aliphatic heterocycles. The topological polar surface area (TPSA) is 43.8 Å². The van der Waals surface area contributed by atoms with Crippen LogP contribution in [0.25, 0.3) is 33.0 Å². The van der Waals surface area contributed by atoms with Crippen LogP contribution in [0.15, 0.2) is 84.9 Å². The largest absolute Gasteiger partial charge is 0.508 e. The van der Waals surface area contributed by atoms with Crippen molar-refractivity contribution in [2.75, 3.05) is 25.0 Å². The second-order valence-electron chi connectivity index (χ2n) is 11.4. The van der Waals surface area contributed by atoms with E-state index in [0.717, 1.165) is 55.8 Å². The first-order chi connectivity index (χ1) is 19.1. The van der Waals surface area contributed by atoms with Gasteiger partial charge in [0.2, 0.25) is 0 Å². The van der Waals surface area contributed by atoms with Crippen LogP contribution in [-0.2, 0) is 4.79 Å². The Kier molecular flexibility index (Phi) is 7.38. The molecule has 0 radical (unpaired) electrons. The molecule has 0 aromatic heterocycles. The van der Waals surface area contributed by atoms with Crippen LogP contribution >= 0.6 is 0 Å². The SMILES string of the molecule is CN(C1CCC(C=O)CC1)C1CCN(c2ccc(-c3c(-c4ccccc4)ccc4cc(O)ccc34)cc2)CC1. The van der Waals surface area contributed by atoms with E-state index in [1.807, 2.05) is 12.1 Å². The molecule has 200 valence electrons. The van der Waals surface area contributed by atoms with Crippen molar-refractivity contribution in [3.63, 3.8) is 0 Å². The molecule has 0 spiro atoms. The van der Waals surface area contributed by atoms with Crippen LogP contribution in [0.5, 0.6) is 5.75 Å². The first-order valence-corrected chi connectivity index (χ1v) is 14.4. The van der Waals surface area contributed by atoms with Crippen molar-refractivity contribution >= 4 is 22.7 Å². The number of fused-ring (bicyclic) bond motifs is 1. The summed E-state index contributed by atoms with van der Waals surface area (Å²) >= 11 is 0. The summed E-state index contributed by atoms with van der Waals surface area (Å²) < 4.78 is 0. The molecule has 1 N–H and O–H groups in total. The lowest BCUT2D eigenvalue weighted by atomic mass is 9.85. The highest BCUT2D eigenvalue weighted by atomic mass is 16.3. The Balaban J connectivity index is 1.20. The number of anilines is 1. The lowest BCUT2D eigenvalue weighted by molar-refractivity contribution is -0.112. The summed E-state index contributed by atoms with van der Waals surface area (Å²) in [6.45, 7) is 2.14. The molecule has 1 saturated heterocycles. The van der Waals surface area contributed by atoms with E-state index < -0.39 is 0 Å². The minimum atomic E-state index is 0.282. The number of hydrogen-bond donors (Lipinski definition) is 1. The molecule has 4 aromatic rings. The van der Waals surface area contributed by atoms with Gasteiger partial charge < -0.3 is 19.7 Å². The van der Waals surface area contributed by atoms with E-state index in [-0.39, 0.29) is 5.92 Å². The van der Waals surface area contributed by atoms with Gasteiger partial charge in [0.1, 0.15) is 12.0 Å². The Morgan fingerprint density at radius 1 is 0.769 bits per heavy atom. The molecule has 4 nitrogen and oxygen atoms in total. The average molecular weight is 519 g/mol. The first-order valence-electron chi connectivity index (χ1n) is 14.4. The smallest absolute Gasteiger partial charge is 0.123 e. The van der Waals surface area contributed by atoms with Crippen molar-refractivity contribution in [3.8, 4) is 28.0 Å². The molecule has 6 rings (SSSR count). The van der Waals surface area contributed by atoms with Crippen LogP contribution in [0.3, 0.4) is 0 Å². The summed E-state index contributed by atoms with van der Waals surface area (Å²) in [5.74, 6) is 0.572. The normalized spacial score (nSPS) is 20.4. The number of hydrogen-bond acceptors (Lipinski definition) is 4. The number of phenols is 1. The molecule has 4 aromatic carbocycles. The van der Waals surface area contributed by atoms with Crippen LogP contribution in [0, 0.1) is 5.92 Å². The Bertz CT molecular complexity index is 1420. The van der Waals surface area contributed by atoms with Crippen LogP contribution < -0.4 is 4.90 Å². The summed E-state index contributed by atoms with van der Waals surface area (Å²) in [6.07, 6.45) is 7.92. The van der Waals surface area contributed by atoms with Crippen molar-refractivity contribution in [1.29, 1.82) is 0 Å². The second-order valence-corrected chi connectivity index (χ2v) is 11.4. The molecule has 0 unspecified atom stereocenters. The summed E-state index contributed by atoms with van der Waals surface area (Å²) in [5, 5.41) is 12.3. The van der Waals surface area contributed by atoms with Gasteiger partial charge in [0, 0.05) is 36.8 Å². The Morgan fingerprint density at radius 3 is 2.15 bits per heavy atom. The zero-order valence-electron chi connectivity index (χ0n) is 22.8. The Labute approximate surface area is 231 Å². The molecule has 4 heteroatoms. The van der Waals surface area contributed by atoms with Gasteiger partial charge in [-0.2, -0.15) is 0 Å². The summed E-state index contributed by atoms with van der Waals surface area (Å²) in [7, 11) is 2.30. The maximum absolute atomic E-state index is 11.1. The van der Waals surface area contributed by atoms with Crippen LogP contribution in [0.2, 0.25) is 0 Å². The number of nitrogens with zero attached hydrogens (tertiary/aromatic N) is 2. The van der Waals surface area contributed by atoms with Crippen LogP contribution in [-0.4, -0.2) is 48.5 Å². The fourth-order valence-corrected chi connectivity index (χ4v) is 6.80. The van der Waals surface area contributed by atoms with Gasteiger partial charge in [-0.05, 0) is 103 Å². The zero-order valence-corrected chi connectivity index (χ0v) is 22.8. The van der Waals surface area contributed by atoms with Gasteiger partial charge in [0.25, 0.3) is 0 Å². The lowest BCUT2D eigenvalue weighted by Gasteiger charge is -2.42. The van der Waals surface area contributed by atoms with Crippen LogP contribution in [0.4, 0.5) is 5.69 Å². The number of aromatic hydroxyl groups is 1. The van der Waals surface area contributed by atoms with E-state index in [0.29, 0.717) is 17.8 Å². The van der Waals surface area contributed by atoms with E-state index in [1.165, 1.54) is 40.8 Å². The van der Waals surface area contributed by atoms with E-state index in [2.05, 4.69) is 83.6 Å². The van der Waals surface area contributed by atoms with Gasteiger partial charge >= 0.3 is 0 Å². The van der Waals surface area contributed by atoms with Gasteiger partial charge in [0.15, 0.2) is 0 Å². The van der Waals surface area contributed by atoms with Gasteiger partial charge in [-0.3, -0.25) is 0 Å². The number of carbonyl (C=O) groups excluding carboxylic acids is 1. The van der Waals surface area contributed by atoms with Gasteiger partial charge in [-0.1, -0.05) is 60.7 Å². The average Bonchev–Trinajstić information content (AvgIpc) is 3.01. The highest BCUT2D eigenvalue weighted by Gasteiger charge is 2.30. The number of phenolic OH excluding ortho intramolecular Hbond substituents is 1. The number of benzene rings is 4. The molecular formula is C35H38N2O2. The maximum atomic E-state index is 11.1. The fraction of sp³-hybridized carbons (Fsp3) is 0.343. The Morgan fingerprint density at radius 2 is 1.46 bits per heavy atom. The molecule has 0 amide bonds. The van der Waals surface area contributed by atoms with E-state index >= 15 is 0 Å². The molecule has 1 heterocycles. The van der Waals surface area contributed by atoms with Crippen molar-refractivity contribution in [3.05, 3.63) is 84.9 Å². The fourth-order valence-electron chi connectivity index (χ4n) is 6.80. The van der Waals surface area contributed by atoms with Gasteiger partial charge in [0.05, 0.1) is 0 Å². The van der Waals surface area contributed by atoms with E-state index in [1.54, 1.807) is 6.07 Å². The quantitative estimate of drug-likeness (QED) is 0.268. The number of piperidine rings is 1. The standard InChI is InChI=1S/C35H38N2O2/c1-36(29-12-7-25(24-38)8-13-29)30-19-21-37(22-20-30)31-14-9-27(10-15-31)35-33(26-5-3-2-4-6-26)17-11-28-23-32(39)16-18-34(28)35/h2-6,9-11,14-18,23-25,29-30,39H,7-8,12-13,19-22H2,1H3. The third kappa shape index (κ3) is 5.31. The minimum absolute atomic E-state index is 0.282. The molecule has 0 atom stereocenters. The van der Waals surface area contributed by atoms with Gasteiger partial charge in [-0.15, -0.1) is 0 Å². The van der Waals surface area contributed by atoms with E-state index in [4.69, 9.17) is 0 Å². The van der Waals surface area contributed by atoms with Crippen molar-refractivity contribution in [1.82, 2.24) is 4.90 Å². The highest BCUT2D eigenvalue weighted by Crippen LogP contribution is 2.40. The van der Waals surface area contributed by atoms with Crippen molar-refractivity contribution in [2.45, 2.75) is 50.6 Å². The first kappa shape index (κ1) is 25.6. The van der Waals surface area contributed by atoms with Crippen molar-refractivity contribution in [2.24, 2.45) is 5.92 Å². The highest BCUT2D eigenvalue weighted by molar-refractivity contribution is 6.04. The zero-order chi connectivity index (χ0) is 26.8. The predicted molar refractivity (Wildman–Crippen MR) is 161 cm³/mol. The third-order valence-corrected chi connectivity index (χ3v) is 9.16. The van der Waals surface area contributed by atoms with Crippen LogP contribution in [0.1, 0.15) is 38.5 Å². The van der Waals surface area contributed by atoms with Gasteiger partial charge in [-0.25, -0.2) is 0 Å². The molecule has 1 aliphatic carbocycles. The molecule has 2 aliphatic rings. The number of rotatable bonds is 6. The predicted octanol–water partition coefficient (Wildman–Crippen LogP) is 7.54. The summed E-state index contributed by atoms with van der Waals surface area (Å²) in [4.78, 5) is 16.3. The maximum Gasteiger partial charge on any atom is 0.123 e.